The molecule has 4 rings (SSSR count). The van der Waals surface area contributed by atoms with Crippen LogP contribution in [0.2, 0.25) is 0 Å². The van der Waals surface area contributed by atoms with Gasteiger partial charge in [0.25, 0.3) is 5.91 Å². The molecule has 0 aromatic carbocycles. The zero-order valence-electron chi connectivity index (χ0n) is 11.9. The monoisotopic (exact) mass is 301 g/mol. The normalized spacial score (nSPS) is 26.3. The first-order valence-electron chi connectivity index (χ1n) is 7.48. The van der Waals surface area contributed by atoms with Gasteiger partial charge in [0.15, 0.2) is 11.5 Å². The molecule has 2 N–H and O–H groups in total. The molecule has 0 spiro atoms. The summed E-state index contributed by atoms with van der Waals surface area (Å²) >= 11 is 0. The SMILES string of the molecule is O=C(N[C@@H]1C[C@H]2CC[C@@H]1N2)c1ccc(-c2cc(F)ccn2)o1. The van der Waals surface area contributed by atoms with E-state index in [1.165, 1.54) is 24.8 Å². The Labute approximate surface area is 126 Å². The van der Waals surface area contributed by atoms with Crippen molar-refractivity contribution >= 4 is 5.91 Å². The predicted molar refractivity (Wildman–Crippen MR) is 77.7 cm³/mol. The number of pyridine rings is 1. The molecule has 2 aromatic rings. The van der Waals surface area contributed by atoms with Gasteiger partial charge in [0.2, 0.25) is 0 Å². The second kappa shape index (κ2) is 5.21. The molecule has 22 heavy (non-hydrogen) atoms. The number of nitrogens with zero attached hydrogens (tertiary/aromatic N) is 1. The lowest BCUT2D eigenvalue weighted by atomic mass is 9.95. The van der Waals surface area contributed by atoms with E-state index >= 15 is 0 Å². The van der Waals surface area contributed by atoms with Crippen molar-refractivity contribution in [3.05, 3.63) is 42.0 Å². The number of carbonyl (C=O) groups excluding carboxylic acids is 1. The van der Waals surface area contributed by atoms with Gasteiger partial charge in [-0.1, -0.05) is 0 Å². The number of halogens is 1. The molecule has 3 atom stereocenters. The van der Waals surface area contributed by atoms with Gasteiger partial charge < -0.3 is 15.1 Å². The van der Waals surface area contributed by atoms with E-state index in [0.29, 0.717) is 23.5 Å². The Morgan fingerprint density at radius 3 is 3.00 bits per heavy atom. The molecule has 5 nitrogen and oxygen atoms in total. The van der Waals surface area contributed by atoms with Gasteiger partial charge in [-0.25, -0.2) is 4.39 Å². The van der Waals surface area contributed by atoms with Crippen LogP contribution in [0.4, 0.5) is 4.39 Å². The van der Waals surface area contributed by atoms with Crippen molar-refractivity contribution in [1.82, 2.24) is 15.6 Å². The lowest BCUT2D eigenvalue weighted by molar-refractivity contribution is 0.0903. The molecule has 0 unspecified atom stereocenters. The van der Waals surface area contributed by atoms with Crippen LogP contribution in [0.3, 0.4) is 0 Å². The largest absolute Gasteiger partial charge is 0.449 e. The summed E-state index contributed by atoms with van der Waals surface area (Å²) in [5.41, 5.74) is 0.376. The Hall–Kier alpha value is -2.21. The highest BCUT2D eigenvalue weighted by molar-refractivity contribution is 5.92. The summed E-state index contributed by atoms with van der Waals surface area (Å²) in [7, 11) is 0. The molecule has 2 aliphatic heterocycles. The van der Waals surface area contributed by atoms with E-state index in [1.807, 2.05) is 0 Å². The number of rotatable bonds is 3. The highest BCUT2D eigenvalue weighted by atomic mass is 19.1. The average Bonchev–Trinajstić information content (AvgIpc) is 3.23. The zero-order valence-corrected chi connectivity index (χ0v) is 11.9. The van der Waals surface area contributed by atoms with Gasteiger partial charge in [0, 0.05) is 30.4 Å². The van der Waals surface area contributed by atoms with E-state index in [0.717, 1.165) is 12.8 Å². The van der Waals surface area contributed by atoms with Crippen LogP contribution in [0, 0.1) is 5.82 Å². The molecule has 0 aliphatic carbocycles. The van der Waals surface area contributed by atoms with E-state index in [4.69, 9.17) is 4.42 Å². The fourth-order valence-electron chi connectivity index (χ4n) is 3.36. The Kier molecular flexibility index (Phi) is 3.18. The van der Waals surface area contributed by atoms with Gasteiger partial charge in [-0.15, -0.1) is 0 Å². The molecule has 2 saturated heterocycles. The first-order chi connectivity index (χ1) is 10.7. The van der Waals surface area contributed by atoms with E-state index in [-0.39, 0.29) is 23.5 Å². The van der Waals surface area contributed by atoms with Crippen molar-refractivity contribution < 1.29 is 13.6 Å². The van der Waals surface area contributed by atoms with E-state index in [9.17, 15) is 9.18 Å². The van der Waals surface area contributed by atoms with Gasteiger partial charge in [0.1, 0.15) is 11.5 Å². The highest BCUT2D eigenvalue weighted by Gasteiger charge is 2.39. The second-order valence-electron chi connectivity index (χ2n) is 5.89. The van der Waals surface area contributed by atoms with Crippen LogP contribution < -0.4 is 10.6 Å². The fraction of sp³-hybridized carbons (Fsp3) is 0.375. The fourth-order valence-corrected chi connectivity index (χ4v) is 3.36. The van der Waals surface area contributed by atoms with Crippen molar-refractivity contribution in [3.8, 4) is 11.5 Å². The molecule has 6 heteroatoms. The van der Waals surface area contributed by atoms with Crippen LogP contribution in [0.15, 0.2) is 34.9 Å². The summed E-state index contributed by atoms with van der Waals surface area (Å²) in [5.74, 6) is -0.0120. The molecule has 1 amide bonds. The van der Waals surface area contributed by atoms with E-state index in [1.54, 1.807) is 12.1 Å². The van der Waals surface area contributed by atoms with E-state index < -0.39 is 0 Å². The number of nitrogens with one attached hydrogen (secondary N) is 2. The summed E-state index contributed by atoms with van der Waals surface area (Å²) in [5, 5.41) is 6.49. The van der Waals surface area contributed by atoms with Crippen LogP contribution in [0.25, 0.3) is 11.5 Å². The van der Waals surface area contributed by atoms with Crippen LogP contribution in [0.5, 0.6) is 0 Å². The lowest BCUT2D eigenvalue weighted by Crippen LogP contribution is -2.42. The van der Waals surface area contributed by atoms with Gasteiger partial charge in [-0.05, 0) is 37.5 Å². The number of amides is 1. The Morgan fingerprint density at radius 1 is 1.36 bits per heavy atom. The number of hydrogen-bond donors (Lipinski definition) is 2. The number of aromatic nitrogens is 1. The summed E-state index contributed by atoms with van der Waals surface area (Å²) in [6.45, 7) is 0. The average molecular weight is 301 g/mol. The Bertz CT molecular complexity index is 715. The first kappa shape index (κ1) is 13.5. The van der Waals surface area contributed by atoms with Crippen molar-refractivity contribution in [2.45, 2.75) is 37.4 Å². The molecule has 2 bridgehead atoms. The number of furan rings is 1. The topological polar surface area (TPSA) is 67.2 Å². The van der Waals surface area contributed by atoms with Crippen LogP contribution in [0.1, 0.15) is 29.8 Å². The number of fused-ring (bicyclic) bond motifs is 2. The van der Waals surface area contributed by atoms with Crippen LogP contribution in [-0.4, -0.2) is 29.0 Å². The van der Waals surface area contributed by atoms with Gasteiger partial charge >= 0.3 is 0 Å². The molecule has 114 valence electrons. The molecule has 2 fully saturated rings. The quantitative estimate of drug-likeness (QED) is 0.911. The minimum absolute atomic E-state index is 0.159. The zero-order chi connectivity index (χ0) is 15.1. The third kappa shape index (κ3) is 2.39. The smallest absolute Gasteiger partial charge is 0.287 e. The summed E-state index contributed by atoms with van der Waals surface area (Å²) in [4.78, 5) is 16.3. The highest BCUT2D eigenvalue weighted by Crippen LogP contribution is 2.28. The van der Waals surface area contributed by atoms with Crippen molar-refractivity contribution in [3.63, 3.8) is 0 Å². The molecule has 0 radical (unpaired) electrons. The number of hydrogen-bond acceptors (Lipinski definition) is 4. The van der Waals surface area contributed by atoms with Crippen molar-refractivity contribution in [2.24, 2.45) is 0 Å². The summed E-state index contributed by atoms with van der Waals surface area (Å²) in [6, 6.07) is 6.83. The van der Waals surface area contributed by atoms with Crippen LogP contribution >= 0.6 is 0 Å². The standard InChI is InChI=1S/C16H16FN3O2/c17-9-5-6-18-13(7-9)14-3-4-15(22-14)16(21)20-12-8-10-1-2-11(12)19-10/h3-7,10-12,19H,1-2,8H2,(H,20,21)/t10-,11+,12-/m1/s1. The van der Waals surface area contributed by atoms with E-state index in [2.05, 4.69) is 15.6 Å². The number of carbonyl (C=O) groups is 1. The van der Waals surface area contributed by atoms with Gasteiger partial charge in [0.05, 0.1) is 0 Å². The summed E-state index contributed by atoms with van der Waals surface area (Å²) < 4.78 is 18.7. The minimum atomic E-state index is -0.388. The molecule has 2 aromatic heterocycles. The second-order valence-corrected chi connectivity index (χ2v) is 5.89. The van der Waals surface area contributed by atoms with Crippen molar-refractivity contribution in [1.29, 1.82) is 0 Å². The summed E-state index contributed by atoms with van der Waals surface area (Å²) in [6.07, 6.45) is 4.63. The lowest BCUT2D eigenvalue weighted by Gasteiger charge is -2.20. The molecule has 4 heterocycles. The van der Waals surface area contributed by atoms with Crippen molar-refractivity contribution in [2.75, 3.05) is 0 Å². The molecule has 0 saturated carbocycles. The maximum absolute atomic E-state index is 13.2. The third-order valence-corrected chi connectivity index (χ3v) is 4.42. The van der Waals surface area contributed by atoms with Gasteiger partial charge in [-0.3, -0.25) is 9.78 Å². The molecular formula is C16H16FN3O2. The third-order valence-electron chi connectivity index (χ3n) is 4.42. The molecular weight excluding hydrogens is 285 g/mol. The Balaban J connectivity index is 1.48. The van der Waals surface area contributed by atoms with Gasteiger partial charge in [-0.2, -0.15) is 0 Å². The minimum Gasteiger partial charge on any atom is -0.449 e. The Morgan fingerprint density at radius 2 is 2.27 bits per heavy atom. The maximum Gasteiger partial charge on any atom is 0.287 e. The predicted octanol–water partition coefficient (Wildman–Crippen LogP) is 2.10. The first-order valence-corrected chi connectivity index (χ1v) is 7.48. The molecule has 2 aliphatic rings. The maximum atomic E-state index is 13.2. The van der Waals surface area contributed by atoms with Crippen LogP contribution in [-0.2, 0) is 0 Å².